The molecule has 3 aromatic carbocycles. The van der Waals surface area contributed by atoms with Crippen molar-refractivity contribution in [3.63, 3.8) is 0 Å². The third kappa shape index (κ3) is 5.44. The van der Waals surface area contributed by atoms with E-state index >= 15 is 0 Å². The summed E-state index contributed by atoms with van der Waals surface area (Å²) in [6.07, 6.45) is 2.38. The van der Waals surface area contributed by atoms with Crippen molar-refractivity contribution in [2.75, 3.05) is 44.2 Å². The minimum absolute atomic E-state index is 0.130. The lowest BCUT2D eigenvalue weighted by Gasteiger charge is -2.35. The van der Waals surface area contributed by atoms with E-state index < -0.39 is 0 Å². The molecule has 1 unspecified atom stereocenters. The van der Waals surface area contributed by atoms with Crippen LogP contribution in [0.2, 0.25) is 0 Å². The SMILES string of the molecule is Fc1ccc(C2CCN(CC3CN(Cc4cccc5ccccc45)C[C@H]3C3SCCS3)CC2)cc1. The van der Waals surface area contributed by atoms with Gasteiger partial charge in [-0.15, -0.1) is 23.5 Å². The third-order valence-electron chi connectivity index (χ3n) is 8.26. The smallest absolute Gasteiger partial charge is 0.123 e. The quantitative estimate of drug-likeness (QED) is 0.366. The molecule has 0 saturated carbocycles. The highest BCUT2D eigenvalue weighted by Crippen LogP contribution is 2.44. The van der Waals surface area contributed by atoms with Gasteiger partial charge in [-0.1, -0.05) is 54.6 Å². The Hall–Kier alpha value is -1.53. The van der Waals surface area contributed by atoms with E-state index in [2.05, 4.69) is 75.8 Å². The number of halogens is 1. The van der Waals surface area contributed by atoms with Crippen LogP contribution in [0.1, 0.15) is 29.9 Å². The second-order valence-electron chi connectivity index (χ2n) is 10.5. The zero-order valence-electron chi connectivity index (χ0n) is 20.3. The second kappa shape index (κ2) is 10.8. The molecular weight excluding hydrogens is 471 g/mol. The summed E-state index contributed by atoms with van der Waals surface area (Å²) < 4.78 is 14.1. The van der Waals surface area contributed by atoms with Crippen molar-refractivity contribution in [1.29, 1.82) is 0 Å². The number of benzene rings is 3. The first-order valence-electron chi connectivity index (χ1n) is 13.1. The molecule has 6 rings (SSSR count). The molecular formula is C30H35FN2S2. The van der Waals surface area contributed by atoms with Crippen molar-refractivity contribution in [2.45, 2.75) is 29.9 Å². The predicted molar refractivity (Wildman–Crippen MR) is 150 cm³/mol. The Kier molecular flexibility index (Phi) is 7.38. The normalized spacial score (nSPS) is 25.1. The molecule has 2 atom stereocenters. The zero-order chi connectivity index (χ0) is 23.6. The summed E-state index contributed by atoms with van der Waals surface area (Å²) in [4.78, 5) is 5.46. The summed E-state index contributed by atoms with van der Waals surface area (Å²) in [7, 11) is 0. The molecule has 0 spiro atoms. The maximum absolute atomic E-state index is 13.3. The molecule has 3 aliphatic heterocycles. The van der Waals surface area contributed by atoms with Crippen LogP contribution in [0.5, 0.6) is 0 Å². The van der Waals surface area contributed by atoms with E-state index in [-0.39, 0.29) is 5.82 Å². The first-order chi connectivity index (χ1) is 17.2. The molecule has 3 aromatic rings. The van der Waals surface area contributed by atoms with Crippen molar-refractivity contribution in [3.8, 4) is 0 Å². The summed E-state index contributed by atoms with van der Waals surface area (Å²) >= 11 is 4.40. The molecule has 3 saturated heterocycles. The molecule has 0 aliphatic carbocycles. The number of hydrogen-bond acceptors (Lipinski definition) is 4. The average Bonchev–Trinajstić information content (AvgIpc) is 3.56. The lowest BCUT2D eigenvalue weighted by molar-refractivity contribution is 0.171. The van der Waals surface area contributed by atoms with Crippen molar-refractivity contribution < 1.29 is 4.39 Å². The van der Waals surface area contributed by atoms with Gasteiger partial charge in [0.25, 0.3) is 0 Å². The minimum Gasteiger partial charge on any atom is -0.303 e. The molecule has 2 nitrogen and oxygen atoms in total. The van der Waals surface area contributed by atoms with E-state index in [1.54, 1.807) is 12.1 Å². The molecule has 5 heteroatoms. The van der Waals surface area contributed by atoms with Crippen LogP contribution in [0.3, 0.4) is 0 Å². The molecule has 35 heavy (non-hydrogen) atoms. The number of nitrogens with zero attached hydrogens (tertiary/aromatic N) is 2. The summed E-state index contributed by atoms with van der Waals surface area (Å²) in [5.41, 5.74) is 2.78. The summed E-state index contributed by atoms with van der Waals surface area (Å²) in [5, 5.41) is 2.76. The Balaban J connectivity index is 1.12. The highest BCUT2D eigenvalue weighted by Gasteiger charge is 2.40. The van der Waals surface area contributed by atoms with E-state index in [1.165, 1.54) is 79.0 Å². The van der Waals surface area contributed by atoms with Gasteiger partial charge in [-0.25, -0.2) is 4.39 Å². The van der Waals surface area contributed by atoms with Crippen LogP contribution in [0.4, 0.5) is 4.39 Å². The van der Waals surface area contributed by atoms with Crippen LogP contribution in [-0.2, 0) is 6.54 Å². The number of thioether (sulfide) groups is 2. The summed E-state index contributed by atoms with van der Waals surface area (Å²) in [6.45, 7) is 7.06. The van der Waals surface area contributed by atoms with Crippen LogP contribution < -0.4 is 0 Å². The molecule has 0 radical (unpaired) electrons. The zero-order valence-corrected chi connectivity index (χ0v) is 22.0. The van der Waals surface area contributed by atoms with E-state index in [4.69, 9.17) is 0 Å². The highest BCUT2D eigenvalue weighted by molar-refractivity contribution is 8.20. The number of hydrogen-bond donors (Lipinski definition) is 0. The first-order valence-corrected chi connectivity index (χ1v) is 15.2. The predicted octanol–water partition coefficient (Wildman–Crippen LogP) is 6.71. The largest absolute Gasteiger partial charge is 0.303 e. The van der Waals surface area contributed by atoms with E-state index in [9.17, 15) is 4.39 Å². The van der Waals surface area contributed by atoms with Crippen molar-refractivity contribution >= 4 is 34.3 Å². The van der Waals surface area contributed by atoms with Crippen molar-refractivity contribution in [3.05, 3.63) is 83.7 Å². The van der Waals surface area contributed by atoms with Crippen LogP contribution in [0.25, 0.3) is 10.8 Å². The Bertz CT molecular complexity index is 1120. The van der Waals surface area contributed by atoms with E-state index in [0.29, 0.717) is 5.92 Å². The maximum atomic E-state index is 13.3. The van der Waals surface area contributed by atoms with Crippen LogP contribution in [0.15, 0.2) is 66.7 Å². The highest BCUT2D eigenvalue weighted by atomic mass is 32.2. The molecule has 0 aromatic heterocycles. The summed E-state index contributed by atoms with van der Waals surface area (Å²) in [5.74, 6) is 4.59. The van der Waals surface area contributed by atoms with Gasteiger partial charge < -0.3 is 4.90 Å². The molecule has 3 heterocycles. The second-order valence-corrected chi connectivity index (χ2v) is 13.3. The molecule has 0 bridgehead atoms. The first kappa shape index (κ1) is 23.8. The van der Waals surface area contributed by atoms with Gasteiger partial charge in [0.2, 0.25) is 0 Å². The van der Waals surface area contributed by atoms with E-state index in [1.807, 2.05) is 12.1 Å². The van der Waals surface area contributed by atoms with Gasteiger partial charge in [0.15, 0.2) is 0 Å². The third-order valence-corrected chi connectivity index (χ3v) is 11.6. The molecule has 3 fully saturated rings. The summed E-state index contributed by atoms with van der Waals surface area (Å²) in [6, 6.07) is 22.8. The Labute approximate surface area is 217 Å². The fraction of sp³-hybridized carbons (Fsp3) is 0.467. The number of likely N-dealkylation sites (tertiary alicyclic amines) is 2. The van der Waals surface area contributed by atoms with Crippen molar-refractivity contribution in [1.82, 2.24) is 9.80 Å². The molecule has 184 valence electrons. The van der Waals surface area contributed by atoms with Gasteiger partial charge in [0, 0.05) is 37.7 Å². The monoisotopic (exact) mass is 506 g/mol. The van der Waals surface area contributed by atoms with Gasteiger partial charge in [-0.05, 0) is 77.7 Å². The van der Waals surface area contributed by atoms with E-state index in [0.717, 1.165) is 23.0 Å². The number of rotatable bonds is 6. The van der Waals surface area contributed by atoms with Crippen LogP contribution >= 0.6 is 23.5 Å². The Morgan fingerprint density at radius 2 is 1.54 bits per heavy atom. The fourth-order valence-corrected chi connectivity index (χ4v) is 9.74. The fourth-order valence-electron chi connectivity index (χ4n) is 6.43. The van der Waals surface area contributed by atoms with Gasteiger partial charge in [0.1, 0.15) is 5.82 Å². The van der Waals surface area contributed by atoms with Crippen LogP contribution in [0, 0.1) is 17.7 Å². The topological polar surface area (TPSA) is 6.48 Å². The van der Waals surface area contributed by atoms with Crippen molar-refractivity contribution in [2.24, 2.45) is 11.8 Å². The minimum atomic E-state index is -0.130. The van der Waals surface area contributed by atoms with Gasteiger partial charge in [0.05, 0.1) is 4.58 Å². The number of fused-ring (bicyclic) bond motifs is 1. The maximum Gasteiger partial charge on any atom is 0.123 e. The molecule has 3 aliphatic rings. The van der Waals surface area contributed by atoms with Gasteiger partial charge in [-0.2, -0.15) is 0 Å². The molecule has 0 amide bonds. The lowest BCUT2D eigenvalue weighted by Crippen LogP contribution is -2.39. The van der Waals surface area contributed by atoms with Gasteiger partial charge in [-0.3, -0.25) is 4.90 Å². The van der Waals surface area contributed by atoms with Gasteiger partial charge >= 0.3 is 0 Å². The Morgan fingerprint density at radius 1 is 0.800 bits per heavy atom. The Morgan fingerprint density at radius 3 is 2.34 bits per heavy atom. The number of piperidine rings is 1. The average molecular weight is 507 g/mol. The lowest BCUT2D eigenvalue weighted by atomic mass is 9.88. The van der Waals surface area contributed by atoms with Crippen LogP contribution in [-0.4, -0.2) is 58.6 Å². The molecule has 0 N–H and O–H groups in total. The standard InChI is InChI=1S/C30H35FN2S2/c31-27-10-8-22(9-11-27)23-12-14-32(15-13-23)19-26-20-33(21-29(26)30-34-16-17-35-30)18-25-6-3-5-24-4-1-2-7-28(24)25/h1-11,23,26,29-30H,12-21H2/t26?,29-/m1/s1.